The molecule has 0 amide bonds. The van der Waals surface area contributed by atoms with Crippen LogP contribution in [0, 0.1) is 6.92 Å². The Balaban J connectivity index is 1.97. The fourth-order valence-electron chi connectivity index (χ4n) is 2.89. The lowest BCUT2D eigenvalue weighted by atomic mass is 9.82. The number of hydrogen-bond acceptors (Lipinski definition) is 2. The SMILES string of the molecule is CCNC(=NCC(C)(C)c1ccccc1C)NCCc1ccccn1. The van der Waals surface area contributed by atoms with Crippen molar-refractivity contribution in [1.29, 1.82) is 0 Å². The Morgan fingerprint density at radius 3 is 2.52 bits per heavy atom. The molecule has 0 saturated carbocycles. The van der Waals surface area contributed by atoms with E-state index < -0.39 is 0 Å². The van der Waals surface area contributed by atoms with E-state index in [4.69, 9.17) is 4.99 Å². The van der Waals surface area contributed by atoms with Crippen LogP contribution in [0.15, 0.2) is 53.7 Å². The number of aryl methyl sites for hydroxylation is 1. The standard InChI is InChI=1S/C21H30N4/c1-5-22-20(24-15-13-18-11-8-9-14-23-18)25-16-21(3,4)19-12-7-6-10-17(19)2/h6-12,14H,5,13,15-16H2,1-4H3,(H2,22,24,25). The van der Waals surface area contributed by atoms with Gasteiger partial charge < -0.3 is 10.6 Å². The second kappa shape index (κ2) is 9.21. The van der Waals surface area contributed by atoms with Gasteiger partial charge in [-0.3, -0.25) is 9.98 Å². The Bertz CT molecular complexity index is 677. The van der Waals surface area contributed by atoms with Gasteiger partial charge in [-0.1, -0.05) is 44.2 Å². The lowest BCUT2D eigenvalue weighted by molar-refractivity contribution is 0.534. The van der Waals surface area contributed by atoms with Crippen molar-refractivity contribution >= 4 is 5.96 Å². The van der Waals surface area contributed by atoms with Crippen molar-refractivity contribution in [2.45, 2.75) is 39.5 Å². The minimum absolute atomic E-state index is 0.00528. The number of aliphatic imine (C=N–C) groups is 1. The largest absolute Gasteiger partial charge is 0.357 e. The van der Waals surface area contributed by atoms with E-state index in [1.807, 2.05) is 24.4 Å². The second-order valence-electron chi connectivity index (χ2n) is 6.89. The molecule has 134 valence electrons. The van der Waals surface area contributed by atoms with Crippen LogP contribution in [0.5, 0.6) is 0 Å². The fourth-order valence-corrected chi connectivity index (χ4v) is 2.89. The molecule has 0 aliphatic rings. The highest BCUT2D eigenvalue weighted by Gasteiger charge is 2.22. The van der Waals surface area contributed by atoms with Crippen LogP contribution in [-0.2, 0) is 11.8 Å². The molecule has 1 aromatic heterocycles. The predicted octanol–water partition coefficient (Wildman–Crippen LogP) is 3.47. The molecule has 0 aliphatic heterocycles. The van der Waals surface area contributed by atoms with Crippen molar-refractivity contribution in [1.82, 2.24) is 15.6 Å². The van der Waals surface area contributed by atoms with Crippen LogP contribution >= 0.6 is 0 Å². The average molecular weight is 338 g/mol. The summed E-state index contributed by atoms with van der Waals surface area (Å²) in [6, 6.07) is 14.6. The van der Waals surface area contributed by atoms with E-state index in [0.717, 1.165) is 37.7 Å². The number of rotatable bonds is 7. The lowest BCUT2D eigenvalue weighted by Gasteiger charge is -2.25. The topological polar surface area (TPSA) is 49.3 Å². The zero-order valence-electron chi connectivity index (χ0n) is 15.8. The minimum Gasteiger partial charge on any atom is -0.357 e. The van der Waals surface area contributed by atoms with Crippen molar-refractivity contribution in [3.8, 4) is 0 Å². The summed E-state index contributed by atoms with van der Waals surface area (Å²) >= 11 is 0. The van der Waals surface area contributed by atoms with Gasteiger partial charge in [0.2, 0.25) is 0 Å². The molecule has 0 bridgehead atoms. The third-order valence-electron chi connectivity index (χ3n) is 4.25. The number of aromatic nitrogens is 1. The van der Waals surface area contributed by atoms with E-state index in [-0.39, 0.29) is 5.41 Å². The van der Waals surface area contributed by atoms with Crippen molar-refractivity contribution in [2.75, 3.05) is 19.6 Å². The van der Waals surface area contributed by atoms with Crippen molar-refractivity contribution in [3.63, 3.8) is 0 Å². The minimum atomic E-state index is -0.00528. The molecule has 2 N–H and O–H groups in total. The van der Waals surface area contributed by atoms with Gasteiger partial charge in [0, 0.05) is 36.8 Å². The maximum absolute atomic E-state index is 4.81. The molecule has 4 nitrogen and oxygen atoms in total. The van der Waals surface area contributed by atoms with Gasteiger partial charge in [-0.05, 0) is 37.1 Å². The summed E-state index contributed by atoms with van der Waals surface area (Å²) in [4.78, 5) is 9.16. The summed E-state index contributed by atoms with van der Waals surface area (Å²) < 4.78 is 0. The Morgan fingerprint density at radius 1 is 1.08 bits per heavy atom. The molecule has 1 heterocycles. The molecule has 0 unspecified atom stereocenters. The van der Waals surface area contributed by atoms with E-state index in [9.17, 15) is 0 Å². The molecule has 0 atom stereocenters. The summed E-state index contributed by atoms with van der Waals surface area (Å²) in [6.07, 6.45) is 2.71. The third-order valence-corrected chi connectivity index (χ3v) is 4.25. The van der Waals surface area contributed by atoms with Crippen LogP contribution in [0.1, 0.15) is 37.6 Å². The van der Waals surface area contributed by atoms with Crippen LogP contribution in [0.4, 0.5) is 0 Å². The number of hydrogen-bond donors (Lipinski definition) is 2. The number of pyridine rings is 1. The van der Waals surface area contributed by atoms with Gasteiger partial charge in [0.25, 0.3) is 0 Å². The second-order valence-corrected chi connectivity index (χ2v) is 6.89. The molecule has 0 saturated heterocycles. The van der Waals surface area contributed by atoms with Gasteiger partial charge in [-0.25, -0.2) is 0 Å². The van der Waals surface area contributed by atoms with Crippen LogP contribution in [0.2, 0.25) is 0 Å². The van der Waals surface area contributed by atoms with Gasteiger partial charge in [0.05, 0.1) is 6.54 Å². The molecule has 0 fully saturated rings. The fraction of sp³-hybridized carbons (Fsp3) is 0.429. The van der Waals surface area contributed by atoms with Gasteiger partial charge in [-0.2, -0.15) is 0 Å². The molecule has 4 heteroatoms. The molecule has 2 rings (SSSR count). The molecular formula is C21H30N4. The molecule has 2 aromatic rings. The third kappa shape index (κ3) is 5.89. The Hall–Kier alpha value is -2.36. The maximum atomic E-state index is 4.81. The van der Waals surface area contributed by atoms with Crippen LogP contribution in [-0.4, -0.2) is 30.6 Å². The number of guanidine groups is 1. The van der Waals surface area contributed by atoms with Crippen molar-refractivity contribution < 1.29 is 0 Å². The highest BCUT2D eigenvalue weighted by Crippen LogP contribution is 2.26. The molecule has 0 aliphatic carbocycles. The smallest absolute Gasteiger partial charge is 0.191 e. The Kier molecular flexibility index (Phi) is 6.99. The Morgan fingerprint density at radius 2 is 1.84 bits per heavy atom. The Labute approximate surface area is 151 Å². The molecular weight excluding hydrogens is 308 g/mol. The summed E-state index contributed by atoms with van der Waals surface area (Å²) in [7, 11) is 0. The van der Waals surface area contributed by atoms with Crippen molar-refractivity contribution in [3.05, 3.63) is 65.5 Å². The summed E-state index contributed by atoms with van der Waals surface area (Å²) in [5.41, 5.74) is 3.75. The maximum Gasteiger partial charge on any atom is 0.191 e. The zero-order chi connectivity index (χ0) is 18.1. The molecule has 1 aromatic carbocycles. The number of nitrogens with one attached hydrogen (secondary N) is 2. The summed E-state index contributed by atoms with van der Waals surface area (Å²) in [5.74, 6) is 0.861. The van der Waals surface area contributed by atoms with E-state index in [1.54, 1.807) is 0 Å². The van der Waals surface area contributed by atoms with Crippen LogP contribution in [0.25, 0.3) is 0 Å². The zero-order valence-corrected chi connectivity index (χ0v) is 15.8. The van der Waals surface area contributed by atoms with E-state index in [1.165, 1.54) is 11.1 Å². The number of nitrogens with zero attached hydrogens (tertiary/aromatic N) is 2. The first-order valence-electron chi connectivity index (χ1n) is 9.01. The normalized spacial score (nSPS) is 12.1. The van der Waals surface area contributed by atoms with Crippen molar-refractivity contribution in [2.24, 2.45) is 4.99 Å². The summed E-state index contributed by atoms with van der Waals surface area (Å²) in [6.45, 7) is 11.1. The van der Waals surface area contributed by atoms with Gasteiger partial charge in [-0.15, -0.1) is 0 Å². The molecule has 0 radical (unpaired) electrons. The first kappa shape index (κ1) is 19.0. The van der Waals surface area contributed by atoms with E-state index in [0.29, 0.717) is 0 Å². The average Bonchev–Trinajstić information content (AvgIpc) is 2.61. The van der Waals surface area contributed by atoms with Crippen LogP contribution < -0.4 is 10.6 Å². The molecule has 0 spiro atoms. The lowest BCUT2D eigenvalue weighted by Crippen LogP contribution is -2.39. The first-order valence-corrected chi connectivity index (χ1v) is 9.01. The highest BCUT2D eigenvalue weighted by atomic mass is 15.2. The predicted molar refractivity (Wildman–Crippen MR) is 106 cm³/mol. The quantitative estimate of drug-likeness (QED) is 0.600. The van der Waals surface area contributed by atoms with E-state index >= 15 is 0 Å². The first-order chi connectivity index (χ1) is 12.0. The van der Waals surface area contributed by atoms with Gasteiger partial charge in [0.1, 0.15) is 0 Å². The monoisotopic (exact) mass is 338 g/mol. The van der Waals surface area contributed by atoms with Gasteiger partial charge in [0.15, 0.2) is 5.96 Å². The van der Waals surface area contributed by atoms with Gasteiger partial charge >= 0.3 is 0 Å². The highest BCUT2D eigenvalue weighted by molar-refractivity contribution is 5.79. The van der Waals surface area contributed by atoms with E-state index in [2.05, 4.69) is 67.6 Å². The summed E-state index contributed by atoms with van der Waals surface area (Å²) in [5, 5.41) is 6.73. The number of benzene rings is 1. The van der Waals surface area contributed by atoms with Crippen LogP contribution in [0.3, 0.4) is 0 Å². The molecule has 25 heavy (non-hydrogen) atoms.